The number of nitrogens with one attached hydrogen (secondary N) is 1. The van der Waals surface area contributed by atoms with Gasteiger partial charge in [0.25, 0.3) is 0 Å². The zero-order chi connectivity index (χ0) is 6.15. The molecule has 0 aromatic rings. The molecule has 1 rings (SSSR count). The largest absolute Gasteiger partial charge is 0.463 e. The standard InChI is InChI=1S/C7H15N/c1-6-4-5-7(2)8(6)3/h6-8H,3-5H2,1-2H3/t6-,7-/m1/s1. The number of rotatable bonds is 0. The molecule has 0 aliphatic carbocycles. The highest BCUT2D eigenvalue weighted by atomic mass is 15.2. The second-order valence-electron chi connectivity index (χ2n) is 2.95. The van der Waals surface area contributed by atoms with Crippen molar-refractivity contribution in [1.29, 1.82) is 0 Å². The van der Waals surface area contributed by atoms with E-state index in [-0.39, 0.29) is 0 Å². The fourth-order valence-electron chi connectivity index (χ4n) is 1.36. The third kappa shape index (κ3) is 0.873. The van der Waals surface area contributed by atoms with Crippen LogP contribution in [0.15, 0.2) is 0 Å². The number of quaternary nitrogens is 1. The van der Waals surface area contributed by atoms with Gasteiger partial charge in [0.05, 0.1) is 12.1 Å². The second-order valence-corrected chi connectivity index (χ2v) is 2.95. The number of hydrogen-bond acceptors (Lipinski definition) is 0. The van der Waals surface area contributed by atoms with E-state index in [0.717, 1.165) is 12.1 Å². The van der Waals surface area contributed by atoms with Gasteiger partial charge in [0.2, 0.25) is 0 Å². The van der Waals surface area contributed by atoms with Crippen molar-refractivity contribution >= 4 is 0 Å². The zero-order valence-corrected chi connectivity index (χ0v) is 5.78. The summed E-state index contributed by atoms with van der Waals surface area (Å²) in [6.07, 6.45) is 2.72. The van der Waals surface area contributed by atoms with E-state index in [9.17, 15) is 0 Å². The second kappa shape index (κ2) is 2.06. The van der Waals surface area contributed by atoms with Crippen LogP contribution in [0.1, 0.15) is 26.7 Å². The Balaban J connectivity index is 2.44. The minimum Gasteiger partial charge on any atom is -0.463 e. The Morgan fingerprint density at radius 3 is 1.75 bits per heavy atom. The smallest absolute Gasteiger partial charge is 0.0610 e. The SMILES string of the molecule is [CH2-][NH+]1[C@H](C)CC[C@H]1C. The highest BCUT2D eigenvalue weighted by Gasteiger charge is 2.22. The van der Waals surface area contributed by atoms with Crippen LogP contribution in [0.2, 0.25) is 0 Å². The molecule has 0 unspecified atom stereocenters. The van der Waals surface area contributed by atoms with Gasteiger partial charge in [-0.3, -0.25) is 0 Å². The van der Waals surface area contributed by atoms with Gasteiger partial charge in [0.15, 0.2) is 0 Å². The number of likely N-dealkylation sites (tertiary alicyclic amines) is 1. The molecule has 0 aromatic carbocycles. The molecule has 0 radical (unpaired) electrons. The summed E-state index contributed by atoms with van der Waals surface area (Å²) in [5.41, 5.74) is 0. The molecule has 1 aliphatic heterocycles. The van der Waals surface area contributed by atoms with Crippen LogP contribution >= 0.6 is 0 Å². The minimum absolute atomic E-state index is 0.796. The van der Waals surface area contributed by atoms with Gasteiger partial charge in [-0.1, -0.05) is 0 Å². The predicted octanol–water partition coefficient (Wildman–Crippen LogP) is 0.234. The van der Waals surface area contributed by atoms with Crippen LogP contribution in [0.25, 0.3) is 0 Å². The molecule has 1 fully saturated rings. The van der Waals surface area contributed by atoms with Crippen molar-refractivity contribution in [3.05, 3.63) is 7.05 Å². The molecule has 1 saturated heterocycles. The molecule has 0 saturated carbocycles. The lowest BCUT2D eigenvalue weighted by Gasteiger charge is -2.24. The Bertz CT molecular complexity index is 70.5. The fourth-order valence-corrected chi connectivity index (χ4v) is 1.36. The first-order valence-electron chi connectivity index (χ1n) is 3.40. The predicted molar refractivity (Wildman–Crippen MR) is 34.5 cm³/mol. The first-order chi connectivity index (χ1) is 3.72. The Morgan fingerprint density at radius 2 is 1.62 bits per heavy atom. The molecular weight excluding hydrogens is 98.1 g/mol. The molecule has 1 N–H and O–H groups in total. The summed E-state index contributed by atoms with van der Waals surface area (Å²) in [5, 5.41) is 0. The van der Waals surface area contributed by atoms with Gasteiger partial charge >= 0.3 is 0 Å². The van der Waals surface area contributed by atoms with Crippen LogP contribution in [-0.4, -0.2) is 12.1 Å². The summed E-state index contributed by atoms with van der Waals surface area (Å²) in [7, 11) is 4.02. The molecule has 0 aromatic heterocycles. The average Bonchev–Trinajstić information content (AvgIpc) is 1.98. The maximum Gasteiger partial charge on any atom is 0.0610 e. The van der Waals surface area contributed by atoms with Crippen molar-refractivity contribution < 1.29 is 4.90 Å². The molecule has 1 aliphatic rings. The molecule has 0 amide bonds. The normalized spacial score (nSPS) is 40.9. The highest BCUT2D eigenvalue weighted by Crippen LogP contribution is 2.03. The topological polar surface area (TPSA) is 4.44 Å². The van der Waals surface area contributed by atoms with Gasteiger partial charge in [0, 0.05) is 12.8 Å². The molecule has 1 heteroatoms. The number of hydrogen-bond donors (Lipinski definition) is 1. The first-order valence-corrected chi connectivity index (χ1v) is 3.40. The van der Waals surface area contributed by atoms with Crippen LogP contribution in [0.3, 0.4) is 0 Å². The summed E-state index contributed by atoms with van der Waals surface area (Å²) in [4.78, 5) is 1.46. The Morgan fingerprint density at radius 1 is 1.25 bits per heavy atom. The van der Waals surface area contributed by atoms with E-state index in [1.54, 1.807) is 0 Å². The van der Waals surface area contributed by atoms with Crippen molar-refractivity contribution in [2.45, 2.75) is 38.8 Å². The van der Waals surface area contributed by atoms with Crippen LogP contribution in [0.4, 0.5) is 0 Å². The van der Waals surface area contributed by atoms with E-state index in [0.29, 0.717) is 0 Å². The van der Waals surface area contributed by atoms with Crippen molar-refractivity contribution in [3.63, 3.8) is 0 Å². The summed E-state index contributed by atoms with van der Waals surface area (Å²) in [6.45, 7) is 4.54. The van der Waals surface area contributed by atoms with E-state index >= 15 is 0 Å². The molecule has 48 valence electrons. The first kappa shape index (κ1) is 6.09. The lowest BCUT2D eigenvalue weighted by molar-refractivity contribution is -0.887. The van der Waals surface area contributed by atoms with Gasteiger partial charge < -0.3 is 4.90 Å². The summed E-state index contributed by atoms with van der Waals surface area (Å²) in [6, 6.07) is 1.59. The maximum atomic E-state index is 4.02. The molecule has 8 heavy (non-hydrogen) atoms. The molecule has 2 atom stereocenters. The average molecular weight is 113 g/mol. The minimum atomic E-state index is 0.796. The highest BCUT2D eigenvalue weighted by molar-refractivity contribution is 4.62. The van der Waals surface area contributed by atoms with Gasteiger partial charge in [-0.05, 0) is 13.8 Å². The lowest BCUT2D eigenvalue weighted by Crippen LogP contribution is -3.11. The molecular formula is C7H15N. The van der Waals surface area contributed by atoms with E-state index < -0.39 is 0 Å². The van der Waals surface area contributed by atoms with Crippen molar-refractivity contribution in [1.82, 2.24) is 0 Å². The van der Waals surface area contributed by atoms with E-state index in [2.05, 4.69) is 20.9 Å². The fraction of sp³-hybridized carbons (Fsp3) is 0.857. The van der Waals surface area contributed by atoms with Crippen molar-refractivity contribution in [2.24, 2.45) is 0 Å². The third-order valence-electron chi connectivity index (χ3n) is 2.30. The van der Waals surface area contributed by atoms with Crippen molar-refractivity contribution in [2.75, 3.05) is 0 Å². The maximum absolute atomic E-state index is 4.02. The summed E-state index contributed by atoms with van der Waals surface area (Å²) < 4.78 is 0. The van der Waals surface area contributed by atoms with Crippen LogP contribution in [-0.2, 0) is 0 Å². The van der Waals surface area contributed by atoms with E-state index in [1.165, 1.54) is 17.7 Å². The summed E-state index contributed by atoms with van der Waals surface area (Å²) in [5.74, 6) is 0. The Labute approximate surface area is 51.7 Å². The van der Waals surface area contributed by atoms with Crippen molar-refractivity contribution in [3.8, 4) is 0 Å². The van der Waals surface area contributed by atoms with Crippen LogP contribution < -0.4 is 4.90 Å². The Hall–Kier alpha value is -0.0400. The van der Waals surface area contributed by atoms with E-state index in [4.69, 9.17) is 0 Å². The quantitative estimate of drug-likeness (QED) is 0.429. The van der Waals surface area contributed by atoms with Gasteiger partial charge in [-0.2, -0.15) is 7.05 Å². The van der Waals surface area contributed by atoms with Crippen LogP contribution in [0.5, 0.6) is 0 Å². The Kier molecular flexibility index (Phi) is 1.57. The summed E-state index contributed by atoms with van der Waals surface area (Å²) >= 11 is 0. The monoisotopic (exact) mass is 113 g/mol. The third-order valence-corrected chi connectivity index (χ3v) is 2.30. The molecule has 1 nitrogen and oxygen atoms in total. The van der Waals surface area contributed by atoms with Gasteiger partial charge in [-0.25, -0.2) is 0 Å². The molecule has 0 spiro atoms. The van der Waals surface area contributed by atoms with Gasteiger partial charge in [0.1, 0.15) is 0 Å². The lowest BCUT2D eigenvalue weighted by atomic mass is 10.2. The molecule has 1 heterocycles. The van der Waals surface area contributed by atoms with E-state index in [1.807, 2.05) is 0 Å². The zero-order valence-electron chi connectivity index (χ0n) is 5.78. The molecule has 0 bridgehead atoms. The van der Waals surface area contributed by atoms with Gasteiger partial charge in [-0.15, -0.1) is 0 Å². The van der Waals surface area contributed by atoms with Crippen LogP contribution in [0, 0.1) is 7.05 Å².